The number of benzene rings is 1. The predicted octanol–water partition coefficient (Wildman–Crippen LogP) is 3.68. The highest BCUT2D eigenvalue weighted by molar-refractivity contribution is 6.62. The lowest BCUT2D eigenvalue weighted by molar-refractivity contribution is 0.00578. The average molecular weight is 304 g/mol. The summed E-state index contributed by atoms with van der Waals surface area (Å²) >= 11 is 0. The number of rotatable bonds is 3. The highest BCUT2D eigenvalue weighted by Crippen LogP contribution is 2.37. The summed E-state index contributed by atoms with van der Waals surface area (Å²) in [5.41, 5.74) is 1.59. The molecular formula is C18H29BO3. The van der Waals surface area contributed by atoms with Crippen molar-refractivity contribution in [3.8, 4) is 5.75 Å². The summed E-state index contributed by atoms with van der Waals surface area (Å²) in [6, 6.07) is 6.24. The molecule has 1 heterocycles. The highest BCUT2D eigenvalue weighted by Gasteiger charge is 2.51. The van der Waals surface area contributed by atoms with Crippen LogP contribution in [-0.4, -0.2) is 24.9 Å². The van der Waals surface area contributed by atoms with Crippen LogP contribution in [0.25, 0.3) is 0 Å². The minimum absolute atomic E-state index is 0.00412. The third kappa shape index (κ3) is 3.18. The van der Waals surface area contributed by atoms with Gasteiger partial charge >= 0.3 is 7.12 Å². The van der Waals surface area contributed by atoms with E-state index >= 15 is 0 Å². The molecule has 22 heavy (non-hydrogen) atoms. The van der Waals surface area contributed by atoms with E-state index in [4.69, 9.17) is 14.0 Å². The first-order valence-corrected chi connectivity index (χ1v) is 8.11. The highest BCUT2D eigenvalue weighted by atomic mass is 16.7. The minimum atomic E-state index is -0.332. The van der Waals surface area contributed by atoms with Gasteiger partial charge in [0.25, 0.3) is 0 Å². The van der Waals surface area contributed by atoms with Crippen LogP contribution in [0.1, 0.15) is 61.0 Å². The Bertz CT molecular complexity index is 528. The molecule has 1 aliphatic rings. The molecule has 3 nitrogen and oxygen atoms in total. The second-order valence-corrected chi connectivity index (χ2v) is 8.03. The fraction of sp³-hybridized carbons (Fsp3) is 0.667. The Balaban J connectivity index is 2.38. The van der Waals surface area contributed by atoms with Gasteiger partial charge in [0.15, 0.2) is 0 Å². The van der Waals surface area contributed by atoms with Crippen molar-refractivity contribution < 1.29 is 14.0 Å². The lowest BCUT2D eigenvalue weighted by Gasteiger charge is -2.32. The zero-order chi connectivity index (χ0) is 16.8. The smallest absolute Gasteiger partial charge is 0.494 e. The minimum Gasteiger partial charge on any atom is -0.494 e. The molecule has 0 amide bonds. The standard InChI is InChI=1S/C18H29BO3/c1-9-20-15-11-10-13(12-14(15)16(2,3)4)19-21-17(5,6)18(7,8)22-19/h10-12H,9H2,1-8H3. The molecule has 2 rings (SSSR count). The monoisotopic (exact) mass is 304 g/mol. The van der Waals surface area contributed by atoms with Crippen LogP contribution in [0.4, 0.5) is 0 Å². The lowest BCUT2D eigenvalue weighted by atomic mass is 9.75. The van der Waals surface area contributed by atoms with Crippen LogP contribution in [-0.2, 0) is 14.7 Å². The molecule has 0 unspecified atom stereocenters. The molecule has 1 aromatic rings. The Morgan fingerprint density at radius 3 is 2.05 bits per heavy atom. The summed E-state index contributed by atoms with van der Waals surface area (Å²) in [4.78, 5) is 0. The largest absolute Gasteiger partial charge is 0.494 e. The third-order valence-corrected chi connectivity index (χ3v) is 4.64. The van der Waals surface area contributed by atoms with Gasteiger partial charge in [-0.2, -0.15) is 0 Å². The van der Waals surface area contributed by atoms with Crippen molar-refractivity contribution in [2.45, 2.75) is 72.0 Å². The summed E-state index contributed by atoms with van der Waals surface area (Å²) < 4.78 is 18.1. The summed E-state index contributed by atoms with van der Waals surface area (Å²) in [7, 11) is -0.332. The summed E-state index contributed by atoms with van der Waals surface area (Å²) in [5.74, 6) is 0.940. The second-order valence-electron chi connectivity index (χ2n) is 8.03. The van der Waals surface area contributed by atoms with Crippen LogP contribution < -0.4 is 10.2 Å². The van der Waals surface area contributed by atoms with E-state index in [1.54, 1.807) is 0 Å². The molecule has 0 aromatic heterocycles. The summed E-state index contributed by atoms with van der Waals surface area (Å²) in [6.45, 7) is 17.6. The third-order valence-electron chi connectivity index (χ3n) is 4.64. The molecule has 0 radical (unpaired) electrons. The summed E-state index contributed by atoms with van der Waals surface area (Å²) in [6.07, 6.45) is 0. The first-order valence-electron chi connectivity index (χ1n) is 8.11. The molecule has 4 heteroatoms. The molecule has 0 saturated carbocycles. The van der Waals surface area contributed by atoms with Crippen molar-refractivity contribution in [2.75, 3.05) is 6.61 Å². The Labute approximate surface area is 135 Å². The zero-order valence-corrected chi connectivity index (χ0v) is 15.2. The molecule has 1 saturated heterocycles. The lowest BCUT2D eigenvalue weighted by Crippen LogP contribution is -2.41. The van der Waals surface area contributed by atoms with Crippen LogP contribution in [0.15, 0.2) is 18.2 Å². The van der Waals surface area contributed by atoms with Crippen LogP contribution in [0, 0.1) is 0 Å². The van der Waals surface area contributed by atoms with Crippen LogP contribution in [0.2, 0.25) is 0 Å². The molecule has 0 aliphatic carbocycles. The van der Waals surface area contributed by atoms with Gasteiger partial charge in [-0.05, 0) is 57.1 Å². The summed E-state index contributed by atoms with van der Waals surface area (Å²) in [5, 5.41) is 0. The van der Waals surface area contributed by atoms with Gasteiger partial charge in [0.05, 0.1) is 17.8 Å². The van der Waals surface area contributed by atoms with Crippen molar-refractivity contribution in [1.29, 1.82) is 0 Å². The van der Waals surface area contributed by atoms with Crippen molar-refractivity contribution in [3.63, 3.8) is 0 Å². The van der Waals surface area contributed by atoms with Crippen LogP contribution in [0.5, 0.6) is 5.75 Å². The van der Waals surface area contributed by atoms with Gasteiger partial charge in [-0.1, -0.05) is 32.9 Å². The molecule has 122 valence electrons. The first-order chi connectivity index (χ1) is 9.98. The number of hydrogen-bond acceptors (Lipinski definition) is 3. The van der Waals surface area contributed by atoms with Crippen molar-refractivity contribution in [2.24, 2.45) is 0 Å². The maximum Gasteiger partial charge on any atom is 0.494 e. The SMILES string of the molecule is CCOc1ccc(B2OC(C)(C)C(C)(C)O2)cc1C(C)(C)C. The van der Waals surface area contributed by atoms with E-state index < -0.39 is 0 Å². The Morgan fingerprint density at radius 2 is 1.59 bits per heavy atom. The quantitative estimate of drug-likeness (QED) is 0.797. The van der Waals surface area contributed by atoms with E-state index in [-0.39, 0.29) is 23.7 Å². The fourth-order valence-corrected chi connectivity index (χ4v) is 2.54. The van der Waals surface area contributed by atoms with E-state index in [0.717, 1.165) is 11.2 Å². The van der Waals surface area contributed by atoms with Gasteiger partial charge in [-0.15, -0.1) is 0 Å². The number of hydrogen-bond donors (Lipinski definition) is 0. The molecule has 0 bridgehead atoms. The van der Waals surface area contributed by atoms with Crippen LogP contribution >= 0.6 is 0 Å². The van der Waals surface area contributed by atoms with Gasteiger partial charge in [-0.3, -0.25) is 0 Å². The fourth-order valence-electron chi connectivity index (χ4n) is 2.54. The average Bonchev–Trinajstić information content (AvgIpc) is 2.58. The van der Waals surface area contributed by atoms with Gasteiger partial charge in [0, 0.05) is 0 Å². The second kappa shape index (κ2) is 5.57. The van der Waals surface area contributed by atoms with Gasteiger partial charge in [-0.25, -0.2) is 0 Å². The van der Waals surface area contributed by atoms with Gasteiger partial charge < -0.3 is 14.0 Å². The maximum atomic E-state index is 6.15. The zero-order valence-electron chi connectivity index (χ0n) is 15.2. The first kappa shape index (κ1) is 17.4. The van der Waals surface area contributed by atoms with E-state index in [0.29, 0.717) is 6.61 Å². The Morgan fingerprint density at radius 1 is 1.05 bits per heavy atom. The molecule has 1 aromatic carbocycles. The van der Waals surface area contributed by atoms with Gasteiger partial charge in [0.2, 0.25) is 0 Å². The molecule has 0 atom stereocenters. The number of ether oxygens (including phenoxy) is 1. The van der Waals surface area contributed by atoms with E-state index in [2.05, 4.69) is 54.5 Å². The molecule has 1 fully saturated rings. The van der Waals surface area contributed by atoms with Gasteiger partial charge in [0.1, 0.15) is 5.75 Å². The molecule has 0 spiro atoms. The predicted molar refractivity (Wildman–Crippen MR) is 92.0 cm³/mol. The van der Waals surface area contributed by atoms with Crippen LogP contribution in [0.3, 0.4) is 0 Å². The Kier molecular flexibility index (Phi) is 4.40. The van der Waals surface area contributed by atoms with E-state index in [1.165, 1.54) is 5.56 Å². The Hall–Kier alpha value is -0.995. The van der Waals surface area contributed by atoms with E-state index in [9.17, 15) is 0 Å². The molecule has 1 aliphatic heterocycles. The molecular weight excluding hydrogens is 275 g/mol. The van der Waals surface area contributed by atoms with Crippen molar-refractivity contribution in [3.05, 3.63) is 23.8 Å². The maximum absolute atomic E-state index is 6.15. The topological polar surface area (TPSA) is 27.7 Å². The van der Waals surface area contributed by atoms with E-state index in [1.807, 2.05) is 19.1 Å². The van der Waals surface area contributed by atoms with Crippen molar-refractivity contribution >= 4 is 12.6 Å². The molecule has 0 N–H and O–H groups in total. The normalized spacial score (nSPS) is 20.3. The van der Waals surface area contributed by atoms with Crippen molar-refractivity contribution in [1.82, 2.24) is 0 Å².